The predicted octanol–water partition coefficient (Wildman–Crippen LogP) is 2.72. The molecule has 0 aromatic heterocycles. The Hall–Kier alpha value is -1.22. The third kappa shape index (κ3) is 4.65. The number of aryl methyl sites for hydroxylation is 1. The first kappa shape index (κ1) is 13.8. The van der Waals surface area contributed by atoms with Crippen molar-refractivity contribution in [3.05, 3.63) is 23.8 Å². The van der Waals surface area contributed by atoms with Gasteiger partial charge in [-0.3, -0.25) is 0 Å². The molecule has 1 rings (SSSR count). The van der Waals surface area contributed by atoms with Gasteiger partial charge in [0.15, 0.2) is 0 Å². The Balaban J connectivity index is 2.31. The van der Waals surface area contributed by atoms with Crippen LogP contribution in [0.1, 0.15) is 25.8 Å². The van der Waals surface area contributed by atoms with Gasteiger partial charge in [0.25, 0.3) is 0 Å². The van der Waals surface area contributed by atoms with Crippen LogP contribution in [0.15, 0.2) is 18.2 Å². The normalized spacial score (nSPS) is 10.8. The molecular weight excluding hydrogens is 210 g/mol. The molecule has 1 aromatic rings. The maximum Gasteiger partial charge on any atom is 0.0371 e. The molecule has 96 valence electrons. The summed E-state index contributed by atoms with van der Waals surface area (Å²) in [7, 11) is 0. The summed E-state index contributed by atoms with van der Waals surface area (Å²) in [6.07, 6.45) is 1.17. The number of hydrogen-bond donors (Lipinski definition) is 2. The van der Waals surface area contributed by atoms with Crippen LogP contribution in [0.2, 0.25) is 0 Å². The van der Waals surface area contributed by atoms with Crippen LogP contribution >= 0.6 is 0 Å². The van der Waals surface area contributed by atoms with Gasteiger partial charge in [0.2, 0.25) is 0 Å². The van der Waals surface area contributed by atoms with Crippen molar-refractivity contribution in [1.29, 1.82) is 0 Å². The molecule has 0 aliphatic heterocycles. The van der Waals surface area contributed by atoms with Crippen LogP contribution in [0.25, 0.3) is 0 Å². The van der Waals surface area contributed by atoms with E-state index in [1.165, 1.54) is 17.7 Å². The highest BCUT2D eigenvalue weighted by Gasteiger charge is 2.00. The lowest BCUT2D eigenvalue weighted by Gasteiger charge is -2.18. The Morgan fingerprint density at radius 3 is 2.53 bits per heavy atom. The average Bonchev–Trinajstić information content (AvgIpc) is 2.32. The van der Waals surface area contributed by atoms with Crippen LogP contribution in [0.5, 0.6) is 0 Å². The van der Waals surface area contributed by atoms with Crippen molar-refractivity contribution in [3.63, 3.8) is 0 Å². The van der Waals surface area contributed by atoms with Gasteiger partial charge in [0.05, 0.1) is 0 Å². The molecular formula is C14H25N3. The van der Waals surface area contributed by atoms with Gasteiger partial charge in [0.1, 0.15) is 0 Å². The minimum atomic E-state index is 0.830. The Labute approximate surface area is 105 Å². The molecule has 0 saturated heterocycles. The summed E-state index contributed by atoms with van der Waals surface area (Å²) in [5, 5.41) is 3.46. The fourth-order valence-electron chi connectivity index (χ4n) is 1.95. The van der Waals surface area contributed by atoms with Gasteiger partial charge in [-0.05, 0) is 56.7 Å². The van der Waals surface area contributed by atoms with E-state index in [0.29, 0.717) is 0 Å². The zero-order valence-electron chi connectivity index (χ0n) is 11.3. The summed E-state index contributed by atoms with van der Waals surface area (Å²) in [6.45, 7) is 11.0. The molecule has 3 N–H and O–H groups in total. The van der Waals surface area contributed by atoms with Gasteiger partial charge in [0, 0.05) is 17.9 Å². The number of nitrogens with two attached hydrogens (primary N) is 1. The molecule has 0 atom stereocenters. The van der Waals surface area contributed by atoms with Crippen molar-refractivity contribution in [2.24, 2.45) is 0 Å². The lowest BCUT2D eigenvalue weighted by Crippen LogP contribution is -2.25. The quantitative estimate of drug-likeness (QED) is 0.564. The molecule has 0 unspecified atom stereocenters. The summed E-state index contributed by atoms with van der Waals surface area (Å²) in [4.78, 5) is 2.44. The lowest BCUT2D eigenvalue weighted by molar-refractivity contribution is 0.303. The van der Waals surface area contributed by atoms with Gasteiger partial charge in [-0.25, -0.2) is 0 Å². The second kappa shape index (κ2) is 7.17. The molecule has 0 radical (unpaired) electrons. The Morgan fingerprint density at radius 1 is 1.24 bits per heavy atom. The summed E-state index contributed by atoms with van der Waals surface area (Å²) in [6, 6.07) is 6.01. The molecule has 3 heteroatoms. The smallest absolute Gasteiger partial charge is 0.0371 e. The second-order valence-corrected chi connectivity index (χ2v) is 4.38. The van der Waals surface area contributed by atoms with Gasteiger partial charge >= 0.3 is 0 Å². The van der Waals surface area contributed by atoms with Crippen molar-refractivity contribution in [3.8, 4) is 0 Å². The first-order valence-electron chi connectivity index (χ1n) is 6.49. The van der Waals surface area contributed by atoms with Gasteiger partial charge in [-0.2, -0.15) is 0 Å². The number of rotatable bonds is 7. The molecule has 0 aliphatic rings. The number of nitrogen functional groups attached to an aromatic ring is 1. The van der Waals surface area contributed by atoms with Gasteiger partial charge in [-0.1, -0.05) is 13.8 Å². The molecule has 0 spiro atoms. The summed E-state index contributed by atoms with van der Waals surface area (Å²) in [5.74, 6) is 0. The van der Waals surface area contributed by atoms with Crippen LogP contribution < -0.4 is 11.1 Å². The van der Waals surface area contributed by atoms with Crippen LogP contribution in [0, 0.1) is 6.92 Å². The molecule has 0 saturated carbocycles. The minimum absolute atomic E-state index is 0.830. The number of nitrogens with zero attached hydrogens (tertiary/aromatic N) is 1. The minimum Gasteiger partial charge on any atom is -0.399 e. The Kier molecular flexibility index (Phi) is 5.84. The maximum absolute atomic E-state index is 5.72. The van der Waals surface area contributed by atoms with E-state index in [1.807, 2.05) is 12.1 Å². The van der Waals surface area contributed by atoms with E-state index in [9.17, 15) is 0 Å². The number of nitrogens with one attached hydrogen (secondary N) is 1. The number of benzene rings is 1. The Bertz CT molecular complexity index is 332. The highest BCUT2D eigenvalue weighted by molar-refractivity contribution is 5.57. The highest BCUT2D eigenvalue weighted by atomic mass is 15.1. The molecule has 1 aromatic carbocycles. The van der Waals surface area contributed by atoms with Crippen molar-refractivity contribution >= 4 is 11.4 Å². The fraction of sp³-hybridized carbons (Fsp3) is 0.571. The van der Waals surface area contributed by atoms with Crippen LogP contribution in [0.4, 0.5) is 11.4 Å². The summed E-state index contributed by atoms with van der Waals surface area (Å²) >= 11 is 0. The monoisotopic (exact) mass is 235 g/mol. The average molecular weight is 235 g/mol. The zero-order chi connectivity index (χ0) is 12.7. The maximum atomic E-state index is 5.72. The lowest BCUT2D eigenvalue weighted by atomic mass is 10.2. The van der Waals surface area contributed by atoms with E-state index in [0.717, 1.165) is 31.9 Å². The number of anilines is 2. The van der Waals surface area contributed by atoms with Crippen molar-refractivity contribution < 1.29 is 0 Å². The molecule has 17 heavy (non-hydrogen) atoms. The summed E-state index contributed by atoms with van der Waals surface area (Å²) < 4.78 is 0. The van der Waals surface area contributed by atoms with Gasteiger partial charge < -0.3 is 16.0 Å². The molecule has 0 fully saturated rings. The van der Waals surface area contributed by atoms with Crippen LogP contribution in [0.3, 0.4) is 0 Å². The van der Waals surface area contributed by atoms with Crippen LogP contribution in [-0.4, -0.2) is 31.1 Å². The van der Waals surface area contributed by atoms with Crippen molar-refractivity contribution in [2.45, 2.75) is 27.2 Å². The first-order valence-corrected chi connectivity index (χ1v) is 6.49. The number of hydrogen-bond acceptors (Lipinski definition) is 3. The fourth-order valence-corrected chi connectivity index (χ4v) is 1.95. The second-order valence-electron chi connectivity index (χ2n) is 4.38. The summed E-state index contributed by atoms with van der Waals surface area (Å²) in [5.41, 5.74) is 8.96. The van der Waals surface area contributed by atoms with Gasteiger partial charge in [-0.15, -0.1) is 0 Å². The van der Waals surface area contributed by atoms with E-state index < -0.39 is 0 Å². The standard InChI is InChI=1S/C14H25N3/c1-4-17(5-2)10-6-9-16-14-8-7-13(15)11-12(14)3/h7-8,11,16H,4-6,9-10,15H2,1-3H3. The molecule has 0 heterocycles. The molecule has 0 amide bonds. The molecule has 0 bridgehead atoms. The third-order valence-corrected chi connectivity index (χ3v) is 3.11. The topological polar surface area (TPSA) is 41.3 Å². The largest absolute Gasteiger partial charge is 0.399 e. The van der Waals surface area contributed by atoms with E-state index in [-0.39, 0.29) is 0 Å². The zero-order valence-corrected chi connectivity index (χ0v) is 11.3. The molecule has 0 aliphatic carbocycles. The van der Waals surface area contributed by atoms with E-state index in [2.05, 4.69) is 37.1 Å². The van der Waals surface area contributed by atoms with E-state index in [1.54, 1.807) is 0 Å². The van der Waals surface area contributed by atoms with Crippen molar-refractivity contribution in [1.82, 2.24) is 4.90 Å². The molecule has 3 nitrogen and oxygen atoms in total. The third-order valence-electron chi connectivity index (χ3n) is 3.11. The van der Waals surface area contributed by atoms with E-state index in [4.69, 9.17) is 5.73 Å². The van der Waals surface area contributed by atoms with Crippen molar-refractivity contribution in [2.75, 3.05) is 37.2 Å². The first-order chi connectivity index (χ1) is 8.17. The highest BCUT2D eigenvalue weighted by Crippen LogP contribution is 2.17. The van der Waals surface area contributed by atoms with Crippen LogP contribution in [-0.2, 0) is 0 Å². The predicted molar refractivity (Wildman–Crippen MR) is 76.5 cm³/mol. The van der Waals surface area contributed by atoms with E-state index >= 15 is 0 Å². The Morgan fingerprint density at radius 2 is 1.94 bits per heavy atom. The SMILES string of the molecule is CCN(CC)CCCNc1ccc(N)cc1C.